The fourth-order valence-electron chi connectivity index (χ4n) is 1.23. The van der Waals surface area contributed by atoms with Crippen molar-refractivity contribution in [1.82, 2.24) is 0 Å². The Morgan fingerprint density at radius 3 is 2.06 bits per heavy atom. The summed E-state index contributed by atoms with van der Waals surface area (Å²) in [5.74, 6) is -0.0330. The predicted molar refractivity (Wildman–Crippen MR) is 72.3 cm³/mol. The fourth-order valence-corrected chi connectivity index (χ4v) is 2.11. The molecule has 0 saturated carbocycles. The van der Waals surface area contributed by atoms with Gasteiger partial charge >= 0.3 is 0 Å². The number of sulfone groups is 1. The van der Waals surface area contributed by atoms with Crippen molar-refractivity contribution in [3.63, 3.8) is 0 Å². The number of hydrogen-bond donors (Lipinski definition) is 1. The first-order valence-electron chi connectivity index (χ1n) is 5.81. The monoisotopic (exact) mass is 269 g/mol. The van der Waals surface area contributed by atoms with Crippen LogP contribution in [-0.4, -0.2) is 20.1 Å². The Morgan fingerprint density at radius 2 is 1.67 bits per heavy atom. The standard InChI is InChI=1S/C13H19NO3S/c1-5-18(16,17)11-8-6-10(7-9-11)14-12(15)13(2,3)4/h6-9H,5H2,1-4H3,(H,14,15). The van der Waals surface area contributed by atoms with Gasteiger partial charge in [-0.05, 0) is 24.3 Å². The largest absolute Gasteiger partial charge is 0.326 e. The molecule has 0 aliphatic rings. The molecule has 0 aromatic heterocycles. The molecule has 5 heteroatoms. The minimum absolute atomic E-state index is 0.0701. The van der Waals surface area contributed by atoms with E-state index in [1.54, 1.807) is 19.1 Å². The summed E-state index contributed by atoms with van der Waals surface area (Å²) in [6.45, 7) is 7.05. The first-order valence-corrected chi connectivity index (χ1v) is 7.46. The average molecular weight is 269 g/mol. The van der Waals surface area contributed by atoms with Crippen molar-refractivity contribution < 1.29 is 13.2 Å². The molecule has 0 spiro atoms. The minimum atomic E-state index is -3.18. The number of benzene rings is 1. The van der Waals surface area contributed by atoms with E-state index in [1.807, 2.05) is 20.8 Å². The fraction of sp³-hybridized carbons (Fsp3) is 0.462. The molecule has 0 heterocycles. The Hall–Kier alpha value is -1.36. The van der Waals surface area contributed by atoms with Crippen LogP contribution >= 0.6 is 0 Å². The molecular weight excluding hydrogens is 250 g/mol. The lowest BCUT2D eigenvalue weighted by molar-refractivity contribution is -0.123. The molecule has 0 bridgehead atoms. The maximum atomic E-state index is 11.7. The molecule has 0 atom stereocenters. The number of rotatable bonds is 3. The van der Waals surface area contributed by atoms with Crippen molar-refractivity contribution in [1.29, 1.82) is 0 Å². The Morgan fingerprint density at radius 1 is 1.17 bits per heavy atom. The van der Waals surface area contributed by atoms with Gasteiger partial charge in [-0.15, -0.1) is 0 Å². The molecule has 1 amide bonds. The van der Waals surface area contributed by atoms with E-state index in [0.29, 0.717) is 5.69 Å². The van der Waals surface area contributed by atoms with Gasteiger partial charge in [-0.3, -0.25) is 4.79 Å². The van der Waals surface area contributed by atoms with Crippen molar-refractivity contribution in [3.8, 4) is 0 Å². The van der Waals surface area contributed by atoms with E-state index in [9.17, 15) is 13.2 Å². The quantitative estimate of drug-likeness (QED) is 0.916. The lowest BCUT2D eigenvalue weighted by Crippen LogP contribution is -2.27. The third-order valence-corrected chi connectivity index (χ3v) is 4.28. The van der Waals surface area contributed by atoms with Crippen molar-refractivity contribution >= 4 is 21.4 Å². The highest BCUT2D eigenvalue weighted by Crippen LogP contribution is 2.19. The summed E-state index contributed by atoms with van der Waals surface area (Å²) >= 11 is 0. The molecule has 0 aliphatic carbocycles. The Bertz CT molecular complexity index is 524. The van der Waals surface area contributed by atoms with E-state index in [4.69, 9.17) is 0 Å². The van der Waals surface area contributed by atoms with Gasteiger partial charge in [0.15, 0.2) is 9.84 Å². The zero-order chi connectivity index (χ0) is 14.0. The van der Waals surface area contributed by atoms with Crippen LogP contribution in [0.15, 0.2) is 29.2 Å². The van der Waals surface area contributed by atoms with Crippen molar-refractivity contribution in [3.05, 3.63) is 24.3 Å². The van der Waals surface area contributed by atoms with Gasteiger partial charge in [-0.1, -0.05) is 27.7 Å². The van der Waals surface area contributed by atoms with Crippen LogP contribution in [0.25, 0.3) is 0 Å². The highest BCUT2D eigenvalue weighted by molar-refractivity contribution is 7.91. The third kappa shape index (κ3) is 3.57. The molecular formula is C13H19NO3S. The highest BCUT2D eigenvalue weighted by Gasteiger charge is 2.21. The van der Waals surface area contributed by atoms with E-state index in [0.717, 1.165) is 0 Å². The SMILES string of the molecule is CCS(=O)(=O)c1ccc(NC(=O)C(C)(C)C)cc1. The van der Waals surface area contributed by atoms with Gasteiger partial charge in [0.05, 0.1) is 10.6 Å². The third-order valence-electron chi connectivity index (χ3n) is 2.53. The number of nitrogens with one attached hydrogen (secondary N) is 1. The van der Waals surface area contributed by atoms with Gasteiger partial charge in [-0.25, -0.2) is 8.42 Å². The molecule has 4 nitrogen and oxygen atoms in total. The van der Waals surface area contributed by atoms with Gasteiger partial charge < -0.3 is 5.32 Å². The second-order valence-electron chi connectivity index (χ2n) is 5.13. The number of carbonyl (C=O) groups is 1. The van der Waals surface area contributed by atoms with Gasteiger partial charge in [0.2, 0.25) is 5.91 Å². The van der Waals surface area contributed by atoms with Crippen LogP contribution in [0.3, 0.4) is 0 Å². The minimum Gasteiger partial charge on any atom is -0.326 e. The first kappa shape index (κ1) is 14.7. The van der Waals surface area contributed by atoms with Crippen LogP contribution in [0.5, 0.6) is 0 Å². The van der Waals surface area contributed by atoms with E-state index >= 15 is 0 Å². The highest BCUT2D eigenvalue weighted by atomic mass is 32.2. The van der Waals surface area contributed by atoms with Crippen molar-refractivity contribution in [2.75, 3.05) is 11.1 Å². The molecule has 18 heavy (non-hydrogen) atoms. The van der Waals surface area contributed by atoms with E-state index in [1.165, 1.54) is 12.1 Å². The number of amides is 1. The van der Waals surface area contributed by atoms with E-state index in [-0.39, 0.29) is 16.6 Å². The molecule has 0 radical (unpaired) electrons. The molecule has 1 aromatic rings. The summed E-state index contributed by atoms with van der Waals surface area (Å²) in [5.41, 5.74) is 0.124. The zero-order valence-corrected chi connectivity index (χ0v) is 12.0. The van der Waals surface area contributed by atoms with Gasteiger partial charge in [-0.2, -0.15) is 0 Å². The van der Waals surface area contributed by atoms with Crippen molar-refractivity contribution in [2.45, 2.75) is 32.6 Å². The second-order valence-corrected chi connectivity index (χ2v) is 7.41. The van der Waals surface area contributed by atoms with Crippen LogP contribution in [0.4, 0.5) is 5.69 Å². The summed E-state index contributed by atoms with van der Waals surface area (Å²) < 4.78 is 23.2. The van der Waals surface area contributed by atoms with Crippen LogP contribution in [0.2, 0.25) is 0 Å². The second kappa shape index (κ2) is 5.10. The lowest BCUT2D eigenvalue weighted by Gasteiger charge is -2.17. The summed E-state index contributed by atoms with van der Waals surface area (Å²) in [5, 5.41) is 2.74. The predicted octanol–water partition coefficient (Wildman–Crippen LogP) is 2.46. The van der Waals surface area contributed by atoms with Crippen LogP contribution in [0, 0.1) is 5.41 Å². The molecule has 0 saturated heterocycles. The average Bonchev–Trinajstić information content (AvgIpc) is 2.28. The maximum absolute atomic E-state index is 11.7. The molecule has 0 fully saturated rings. The Balaban J connectivity index is 2.89. The molecule has 0 aliphatic heterocycles. The maximum Gasteiger partial charge on any atom is 0.229 e. The molecule has 1 N–H and O–H groups in total. The molecule has 100 valence electrons. The van der Waals surface area contributed by atoms with E-state index in [2.05, 4.69) is 5.32 Å². The number of carbonyl (C=O) groups excluding carboxylic acids is 1. The van der Waals surface area contributed by atoms with E-state index < -0.39 is 15.3 Å². The van der Waals surface area contributed by atoms with Crippen LogP contribution < -0.4 is 5.32 Å². The molecule has 1 aromatic carbocycles. The lowest BCUT2D eigenvalue weighted by atomic mass is 9.95. The van der Waals surface area contributed by atoms with Crippen LogP contribution in [0.1, 0.15) is 27.7 Å². The molecule has 0 unspecified atom stereocenters. The van der Waals surface area contributed by atoms with Gasteiger partial charge in [0.1, 0.15) is 0 Å². The van der Waals surface area contributed by atoms with Crippen LogP contribution in [-0.2, 0) is 14.6 Å². The van der Waals surface area contributed by atoms with Gasteiger partial charge in [0.25, 0.3) is 0 Å². The summed E-state index contributed by atoms with van der Waals surface area (Å²) in [7, 11) is -3.18. The zero-order valence-electron chi connectivity index (χ0n) is 11.1. The first-order chi connectivity index (χ1) is 8.16. The topological polar surface area (TPSA) is 63.2 Å². The summed E-state index contributed by atoms with van der Waals surface area (Å²) in [6.07, 6.45) is 0. The summed E-state index contributed by atoms with van der Waals surface area (Å²) in [4.78, 5) is 12.0. The van der Waals surface area contributed by atoms with Crippen molar-refractivity contribution in [2.24, 2.45) is 5.41 Å². The van der Waals surface area contributed by atoms with Gasteiger partial charge in [0, 0.05) is 11.1 Å². The summed E-state index contributed by atoms with van der Waals surface area (Å²) in [6, 6.07) is 6.23. The smallest absolute Gasteiger partial charge is 0.229 e. The number of hydrogen-bond acceptors (Lipinski definition) is 3. The number of anilines is 1. The Labute approximate surface area is 108 Å². The Kier molecular flexibility index (Phi) is 4.16. The molecule has 1 rings (SSSR count). The normalized spacial score (nSPS) is 12.2.